The van der Waals surface area contributed by atoms with Crippen molar-refractivity contribution in [2.45, 2.75) is 24.9 Å². The first-order valence-electron chi connectivity index (χ1n) is 8.11. The number of H-pyrrole nitrogens is 1. The van der Waals surface area contributed by atoms with Crippen molar-refractivity contribution in [3.63, 3.8) is 0 Å². The maximum Gasteiger partial charge on any atom is 0.261 e. The van der Waals surface area contributed by atoms with E-state index >= 15 is 0 Å². The van der Waals surface area contributed by atoms with Gasteiger partial charge in [-0.3, -0.25) is 9.52 Å². The Kier molecular flexibility index (Phi) is 4.33. The van der Waals surface area contributed by atoms with Crippen LogP contribution in [0.4, 0.5) is 5.69 Å². The van der Waals surface area contributed by atoms with E-state index < -0.39 is 10.0 Å². The van der Waals surface area contributed by atoms with E-state index in [2.05, 4.69) is 9.71 Å². The molecule has 1 amide bonds. The van der Waals surface area contributed by atoms with Crippen LogP contribution in [0.25, 0.3) is 10.9 Å². The fraction of sp³-hybridized carbons (Fsp3) is 0.167. The number of nitrogens with zero attached hydrogens (tertiary/aromatic N) is 1. The largest absolute Gasteiger partial charge is 0.358 e. The molecular formula is C18H15Cl2N3O3S. The number of sulfonamides is 1. The van der Waals surface area contributed by atoms with Gasteiger partial charge in [-0.1, -0.05) is 29.3 Å². The number of carbonyl (C=O) groups excluding carboxylic acids is 1. The van der Waals surface area contributed by atoms with Crippen LogP contribution >= 0.6 is 23.2 Å². The lowest BCUT2D eigenvalue weighted by atomic mass is 10.1. The normalized spacial score (nSPS) is 13.8. The minimum atomic E-state index is -3.83. The molecule has 4 rings (SSSR count). The highest BCUT2D eigenvalue weighted by molar-refractivity contribution is 7.92. The van der Waals surface area contributed by atoms with Gasteiger partial charge in [0, 0.05) is 31.6 Å². The molecule has 1 aromatic heterocycles. The molecule has 0 bridgehead atoms. The monoisotopic (exact) mass is 423 g/mol. The smallest absolute Gasteiger partial charge is 0.261 e. The summed E-state index contributed by atoms with van der Waals surface area (Å²) in [5.41, 5.74) is 2.65. The van der Waals surface area contributed by atoms with Crippen LogP contribution in [-0.2, 0) is 27.9 Å². The third-order valence-corrected chi connectivity index (χ3v) is 6.61. The quantitative estimate of drug-likeness (QED) is 0.663. The fourth-order valence-electron chi connectivity index (χ4n) is 3.22. The lowest BCUT2D eigenvalue weighted by molar-refractivity contribution is -0.129. The molecule has 140 valence electrons. The van der Waals surface area contributed by atoms with Crippen LogP contribution in [0.3, 0.4) is 0 Å². The number of nitrogens with one attached hydrogen (secondary N) is 2. The minimum absolute atomic E-state index is 0.0408. The number of amides is 1. The standard InChI is InChI=1S/C18H15Cl2N3O3S/c1-10(24)23-8-11-2-3-13(6-12(11)9-23)27(25,26)22-16-5-4-14(19)17-15(20)7-21-18(16)17/h2-7,21-22H,8-9H2,1H3. The molecule has 2 aromatic carbocycles. The third kappa shape index (κ3) is 3.16. The SMILES string of the molecule is CC(=O)N1Cc2ccc(S(=O)(=O)Nc3ccc(Cl)c4c(Cl)c[nH]c34)cc2C1. The van der Waals surface area contributed by atoms with E-state index in [0.717, 1.165) is 11.1 Å². The molecule has 9 heteroatoms. The molecule has 0 fully saturated rings. The fourth-order valence-corrected chi connectivity index (χ4v) is 4.90. The first kappa shape index (κ1) is 18.2. The zero-order valence-electron chi connectivity index (χ0n) is 14.2. The molecule has 2 N–H and O–H groups in total. The van der Waals surface area contributed by atoms with E-state index in [9.17, 15) is 13.2 Å². The van der Waals surface area contributed by atoms with Crippen LogP contribution in [0.2, 0.25) is 10.0 Å². The van der Waals surface area contributed by atoms with E-state index in [0.29, 0.717) is 39.7 Å². The predicted molar refractivity (Wildman–Crippen MR) is 105 cm³/mol. The Labute approximate surface area is 166 Å². The van der Waals surface area contributed by atoms with Crippen molar-refractivity contribution in [3.8, 4) is 0 Å². The number of anilines is 1. The van der Waals surface area contributed by atoms with Crippen molar-refractivity contribution in [2.24, 2.45) is 0 Å². The summed E-state index contributed by atoms with van der Waals surface area (Å²) in [6.07, 6.45) is 1.56. The molecule has 0 aliphatic carbocycles. The predicted octanol–water partition coefficient (Wildman–Crippen LogP) is 4.14. The van der Waals surface area contributed by atoms with Crippen molar-refractivity contribution in [1.82, 2.24) is 9.88 Å². The summed E-state index contributed by atoms with van der Waals surface area (Å²) in [6.45, 7) is 2.40. The Morgan fingerprint density at radius 1 is 1.11 bits per heavy atom. The lowest BCUT2D eigenvalue weighted by Crippen LogP contribution is -2.21. The summed E-state index contributed by atoms with van der Waals surface area (Å²) >= 11 is 12.3. The van der Waals surface area contributed by atoms with Crippen molar-refractivity contribution in [3.05, 3.63) is 57.7 Å². The highest BCUT2D eigenvalue weighted by atomic mass is 35.5. The van der Waals surface area contributed by atoms with Crippen LogP contribution in [0.5, 0.6) is 0 Å². The number of rotatable bonds is 3. The maximum absolute atomic E-state index is 12.9. The van der Waals surface area contributed by atoms with Gasteiger partial charge >= 0.3 is 0 Å². The number of hydrogen-bond donors (Lipinski definition) is 2. The second-order valence-electron chi connectivity index (χ2n) is 6.39. The topological polar surface area (TPSA) is 82.3 Å². The molecule has 0 saturated carbocycles. The van der Waals surface area contributed by atoms with Gasteiger partial charge in [0.2, 0.25) is 5.91 Å². The molecule has 0 unspecified atom stereocenters. The molecule has 2 heterocycles. The first-order valence-corrected chi connectivity index (χ1v) is 10.4. The molecule has 1 aliphatic rings. The van der Waals surface area contributed by atoms with Crippen LogP contribution in [0.1, 0.15) is 18.1 Å². The van der Waals surface area contributed by atoms with Crippen LogP contribution < -0.4 is 4.72 Å². The average Bonchev–Trinajstić information content (AvgIpc) is 3.21. The number of hydrogen-bond acceptors (Lipinski definition) is 3. The van der Waals surface area contributed by atoms with Gasteiger partial charge < -0.3 is 9.88 Å². The van der Waals surface area contributed by atoms with Crippen molar-refractivity contribution in [2.75, 3.05) is 4.72 Å². The average molecular weight is 424 g/mol. The van der Waals surface area contributed by atoms with E-state index in [4.69, 9.17) is 23.2 Å². The van der Waals surface area contributed by atoms with Gasteiger partial charge in [0.25, 0.3) is 10.0 Å². The van der Waals surface area contributed by atoms with Gasteiger partial charge in [-0.15, -0.1) is 0 Å². The third-order valence-electron chi connectivity index (χ3n) is 4.64. The van der Waals surface area contributed by atoms with E-state index in [1.807, 2.05) is 0 Å². The highest BCUT2D eigenvalue weighted by Crippen LogP contribution is 2.35. The molecular weight excluding hydrogens is 409 g/mol. The molecule has 0 saturated heterocycles. The van der Waals surface area contributed by atoms with Crippen LogP contribution in [0, 0.1) is 0 Å². The zero-order valence-corrected chi connectivity index (χ0v) is 16.5. The maximum atomic E-state index is 12.9. The second-order valence-corrected chi connectivity index (χ2v) is 8.89. The Morgan fingerprint density at radius 2 is 1.85 bits per heavy atom. The highest BCUT2D eigenvalue weighted by Gasteiger charge is 2.24. The number of aromatic amines is 1. The summed E-state index contributed by atoms with van der Waals surface area (Å²) in [7, 11) is -3.83. The molecule has 0 spiro atoms. The number of halogens is 2. The van der Waals surface area contributed by atoms with Gasteiger partial charge in [0.1, 0.15) is 0 Å². The Morgan fingerprint density at radius 3 is 2.59 bits per heavy atom. The van der Waals surface area contributed by atoms with Gasteiger partial charge in [-0.2, -0.15) is 0 Å². The van der Waals surface area contributed by atoms with Crippen molar-refractivity contribution < 1.29 is 13.2 Å². The Balaban J connectivity index is 1.69. The van der Waals surface area contributed by atoms with E-state index in [-0.39, 0.29) is 10.8 Å². The molecule has 27 heavy (non-hydrogen) atoms. The summed E-state index contributed by atoms with van der Waals surface area (Å²) in [6, 6.07) is 8.07. The molecule has 1 aliphatic heterocycles. The number of benzene rings is 2. The first-order chi connectivity index (χ1) is 12.8. The van der Waals surface area contributed by atoms with Gasteiger partial charge in [0.05, 0.1) is 26.1 Å². The number of fused-ring (bicyclic) bond motifs is 2. The van der Waals surface area contributed by atoms with Crippen molar-refractivity contribution in [1.29, 1.82) is 0 Å². The number of carbonyl (C=O) groups is 1. The van der Waals surface area contributed by atoms with Crippen LogP contribution in [-0.4, -0.2) is 24.2 Å². The Bertz CT molecular complexity index is 1190. The Hall–Kier alpha value is -2.22. The summed E-state index contributed by atoms with van der Waals surface area (Å²) in [5, 5.41) is 1.41. The lowest BCUT2D eigenvalue weighted by Gasteiger charge is -2.11. The van der Waals surface area contributed by atoms with E-state index in [1.165, 1.54) is 6.92 Å². The van der Waals surface area contributed by atoms with Gasteiger partial charge in [-0.05, 0) is 35.4 Å². The molecule has 6 nitrogen and oxygen atoms in total. The van der Waals surface area contributed by atoms with Gasteiger partial charge in [-0.25, -0.2) is 8.42 Å². The summed E-state index contributed by atoms with van der Waals surface area (Å²) < 4.78 is 28.3. The van der Waals surface area contributed by atoms with Crippen LogP contribution in [0.15, 0.2) is 41.4 Å². The van der Waals surface area contributed by atoms with Gasteiger partial charge in [0.15, 0.2) is 0 Å². The molecule has 0 atom stereocenters. The summed E-state index contributed by atoms with van der Waals surface area (Å²) in [4.78, 5) is 16.3. The molecule has 0 radical (unpaired) electrons. The summed E-state index contributed by atoms with van der Waals surface area (Å²) in [5.74, 6) is -0.0408. The van der Waals surface area contributed by atoms with E-state index in [1.54, 1.807) is 41.4 Å². The minimum Gasteiger partial charge on any atom is -0.358 e. The molecule has 3 aromatic rings. The van der Waals surface area contributed by atoms with Crippen molar-refractivity contribution >= 4 is 55.7 Å². The number of aromatic nitrogens is 1. The zero-order chi connectivity index (χ0) is 19.3. The second kappa shape index (κ2) is 6.44.